The lowest BCUT2D eigenvalue weighted by molar-refractivity contribution is -0.120. The molecule has 1 aromatic heterocycles. The molecule has 0 aliphatic carbocycles. The topological polar surface area (TPSA) is 97.1 Å². The first-order valence-corrected chi connectivity index (χ1v) is 9.13. The zero-order chi connectivity index (χ0) is 20.8. The smallest absolute Gasteiger partial charge is 0.227 e. The number of likely N-dealkylation sites (N-methyl/N-ethyl adjacent to an activating group) is 1. The number of carbonyl (C=O) groups excluding carboxylic acids is 2. The van der Waals surface area contributed by atoms with E-state index in [2.05, 4.69) is 20.8 Å². The third kappa shape index (κ3) is 5.25. The molecule has 29 heavy (non-hydrogen) atoms. The van der Waals surface area contributed by atoms with E-state index in [1.165, 1.54) is 6.07 Å². The van der Waals surface area contributed by atoms with Gasteiger partial charge in [0.2, 0.25) is 23.5 Å². The summed E-state index contributed by atoms with van der Waals surface area (Å²) in [6, 6.07) is 11.8. The van der Waals surface area contributed by atoms with E-state index in [1.54, 1.807) is 44.3 Å². The minimum atomic E-state index is -0.344. The van der Waals surface area contributed by atoms with Crippen LogP contribution in [0, 0.1) is 12.7 Å². The van der Waals surface area contributed by atoms with Gasteiger partial charge in [0.15, 0.2) is 0 Å². The molecular weight excluding hydrogens is 375 g/mol. The van der Waals surface area contributed by atoms with E-state index >= 15 is 0 Å². The molecule has 8 heteroatoms. The van der Waals surface area contributed by atoms with E-state index in [4.69, 9.17) is 4.52 Å². The van der Waals surface area contributed by atoms with Crippen LogP contribution in [0.3, 0.4) is 0 Å². The van der Waals surface area contributed by atoms with Gasteiger partial charge in [-0.3, -0.25) is 9.59 Å². The number of halogens is 1. The SMILES string of the molecule is CNC(=O)Cc1ccccc1NC(=O)CCc1nc(-c2ccc(C)c(F)c2)no1. The molecule has 1 heterocycles. The van der Waals surface area contributed by atoms with Crippen molar-refractivity contribution in [1.29, 1.82) is 0 Å². The van der Waals surface area contributed by atoms with Crippen LogP contribution in [0.25, 0.3) is 11.4 Å². The molecule has 2 amide bonds. The Labute approximate surface area is 167 Å². The Kier molecular flexibility index (Phi) is 6.33. The number of aromatic nitrogens is 2. The molecule has 150 valence electrons. The summed E-state index contributed by atoms with van der Waals surface area (Å²) < 4.78 is 18.9. The summed E-state index contributed by atoms with van der Waals surface area (Å²) in [6.07, 6.45) is 0.538. The van der Waals surface area contributed by atoms with E-state index in [9.17, 15) is 14.0 Å². The first-order valence-electron chi connectivity index (χ1n) is 9.13. The van der Waals surface area contributed by atoms with Crippen LogP contribution >= 0.6 is 0 Å². The number of para-hydroxylation sites is 1. The maximum absolute atomic E-state index is 13.7. The zero-order valence-electron chi connectivity index (χ0n) is 16.2. The number of nitrogens with zero attached hydrogens (tertiary/aromatic N) is 2. The van der Waals surface area contributed by atoms with Gasteiger partial charge < -0.3 is 15.2 Å². The fourth-order valence-corrected chi connectivity index (χ4v) is 2.70. The van der Waals surface area contributed by atoms with Crippen molar-refractivity contribution >= 4 is 17.5 Å². The monoisotopic (exact) mass is 396 g/mol. The quantitative estimate of drug-likeness (QED) is 0.640. The number of nitrogens with one attached hydrogen (secondary N) is 2. The first kappa shape index (κ1) is 20.2. The molecule has 0 aliphatic heterocycles. The minimum absolute atomic E-state index is 0.123. The van der Waals surface area contributed by atoms with Gasteiger partial charge in [-0.15, -0.1) is 0 Å². The van der Waals surface area contributed by atoms with Crippen molar-refractivity contribution in [2.45, 2.75) is 26.2 Å². The highest BCUT2D eigenvalue weighted by atomic mass is 19.1. The summed E-state index contributed by atoms with van der Waals surface area (Å²) in [7, 11) is 1.56. The van der Waals surface area contributed by atoms with Gasteiger partial charge in [0, 0.05) is 31.1 Å². The van der Waals surface area contributed by atoms with E-state index in [0.717, 1.165) is 5.56 Å². The predicted octanol–water partition coefficient (Wildman–Crippen LogP) is 3.04. The summed E-state index contributed by atoms with van der Waals surface area (Å²) in [5.41, 5.74) is 2.35. The van der Waals surface area contributed by atoms with Crippen molar-refractivity contribution < 1.29 is 18.5 Å². The van der Waals surface area contributed by atoms with Crippen molar-refractivity contribution in [3.63, 3.8) is 0 Å². The lowest BCUT2D eigenvalue weighted by Crippen LogP contribution is -2.21. The molecule has 0 aliphatic rings. The fourth-order valence-electron chi connectivity index (χ4n) is 2.70. The fraction of sp³-hybridized carbons (Fsp3) is 0.238. The summed E-state index contributed by atoms with van der Waals surface area (Å²) in [4.78, 5) is 28.1. The Balaban J connectivity index is 1.60. The van der Waals surface area contributed by atoms with Crippen LogP contribution in [-0.2, 0) is 22.4 Å². The normalized spacial score (nSPS) is 10.6. The average molecular weight is 396 g/mol. The molecule has 0 saturated carbocycles. The Hall–Kier alpha value is -3.55. The molecule has 2 aromatic carbocycles. The first-order chi connectivity index (χ1) is 14.0. The Bertz CT molecular complexity index is 1030. The van der Waals surface area contributed by atoms with Crippen molar-refractivity contribution in [2.24, 2.45) is 0 Å². The molecular formula is C21H21FN4O3. The number of hydrogen-bond acceptors (Lipinski definition) is 5. The lowest BCUT2D eigenvalue weighted by atomic mass is 10.1. The van der Waals surface area contributed by atoms with E-state index in [0.29, 0.717) is 16.8 Å². The van der Waals surface area contributed by atoms with Crippen LogP contribution < -0.4 is 10.6 Å². The molecule has 0 spiro atoms. The molecule has 7 nitrogen and oxygen atoms in total. The van der Waals surface area contributed by atoms with Crippen molar-refractivity contribution in [2.75, 3.05) is 12.4 Å². The third-order valence-electron chi connectivity index (χ3n) is 4.39. The van der Waals surface area contributed by atoms with Gasteiger partial charge in [-0.2, -0.15) is 4.98 Å². The number of benzene rings is 2. The van der Waals surface area contributed by atoms with Crippen LogP contribution in [0.5, 0.6) is 0 Å². The lowest BCUT2D eigenvalue weighted by Gasteiger charge is -2.10. The number of hydrogen-bond donors (Lipinski definition) is 2. The standard InChI is InChI=1S/C21H21FN4O3/c1-13-7-8-15(11-16(13)22)21-25-20(29-26-21)10-9-18(27)24-17-6-4-3-5-14(17)12-19(28)23-2/h3-8,11H,9-10,12H2,1-2H3,(H,23,28)(H,24,27). The number of rotatable bonds is 7. The molecule has 3 rings (SSSR count). The van der Waals surface area contributed by atoms with Gasteiger partial charge in [0.05, 0.1) is 6.42 Å². The number of amides is 2. The molecule has 0 bridgehead atoms. The van der Waals surface area contributed by atoms with E-state index in [1.807, 2.05) is 6.07 Å². The van der Waals surface area contributed by atoms with Gasteiger partial charge in [-0.25, -0.2) is 4.39 Å². The Morgan fingerprint density at radius 3 is 2.69 bits per heavy atom. The number of aryl methyl sites for hydroxylation is 2. The largest absolute Gasteiger partial charge is 0.359 e. The molecule has 0 saturated heterocycles. The van der Waals surface area contributed by atoms with Gasteiger partial charge in [-0.05, 0) is 30.2 Å². The summed E-state index contributed by atoms with van der Waals surface area (Å²) in [6.45, 7) is 1.67. The van der Waals surface area contributed by atoms with Crippen LogP contribution in [0.2, 0.25) is 0 Å². The second kappa shape index (κ2) is 9.09. The van der Waals surface area contributed by atoms with Crippen LogP contribution in [0.1, 0.15) is 23.4 Å². The number of anilines is 1. The minimum Gasteiger partial charge on any atom is -0.359 e. The third-order valence-corrected chi connectivity index (χ3v) is 4.39. The summed E-state index contributed by atoms with van der Waals surface area (Å²) in [5, 5.41) is 9.21. The Morgan fingerprint density at radius 1 is 1.14 bits per heavy atom. The zero-order valence-corrected chi connectivity index (χ0v) is 16.2. The maximum atomic E-state index is 13.7. The highest BCUT2D eigenvalue weighted by Gasteiger charge is 2.13. The molecule has 0 fully saturated rings. The second-order valence-electron chi connectivity index (χ2n) is 6.53. The van der Waals surface area contributed by atoms with Crippen molar-refractivity contribution in [1.82, 2.24) is 15.5 Å². The summed E-state index contributed by atoms with van der Waals surface area (Å²) in [5.74, 6) is -0.165. The van der Waals surface area contributed by atoms with Crippen LogP contribution in [-0.4, -0.2) is 29.0 Å². The van der Waals surface area contributed by atoms with Crippen LogP contribution in [0.15, 0.2) is 47.0 Å². The van der Waals surface area contributed by atoms with Gasteiger partial charge in [-0.1, -0.05) is 35.5 Å². The predicted molar refractivity (Wildman–Crippen MR) is 106 cm³/mol. The Morgan fingerprint density at radius 2 is 1.93 bits per heavy atom. The number of carbonyl (C=O) groups is 2. The maximum Gasteiger partial charge on any atom is 0.227 e. The highest BCUT2D eigenvalue weighted by Crippen LogP contribution is 2.20. The van der Waals surface area contributed by atoms with Crippen molar-refractivity contribution in [3.05, 3.63) is 65.3 Å². The molecule has 3 aromatic rings. The van der Waals surface area contributed by atoms with Crippen LogP contribution in [0.4, 0.5) is 10.1 Å². The second-order valence-corrected chi connectivity index (χ2v) is 6.53. The van der Waals surface area contributed by atoms with Gasteiger partial charge in [0.25, 0.3) is 0 Å². The van der Waals surface area contributed by atoms with E-state index in [-0.39, 0.29) is 48.6 Å². The highest BCUT2D eigenvalue weighted by molar-refractivity contribution is 5.92. The van der Waals surface area contributed by atoms with Gasteiger partial charge >= 0.3 is 0 Å². The summed E-state index contributed by atoms with van der Waals surface area (Å²) >= 11 is 0. The molecule has 0 atom stereocenters. The van der Waals surface area contributed by atoms with E-state index < -0.39 is 0 Å². The van der Waals surface area contributed by atoms with Gasteiger partial charge in [0.1, 0.15) is 5.82 Å². The molecule has 0 radical (unpaired) electrons. The molecule has 2 N–H and O–H groups in total. The molecule has 0 unspecified atom stereocenters. The van der Waals surface area contributed by atoms with Crippen molar-refractivity contribution in [3.8, 4) is 11.4 Å². The average Bonchev–Trinajstić information content (AvgIpc) is 3.19.